The predicted octanol–water partition coefficient (Wildman–Crippen LogP) is 6.09. The van der Waals surface area contributed by atoms with Gasteiger partial charge in [0.15, 0.2) is 0 Å². The van der Waals surface area contributed by atoms with Gasteiger partial charge < -0.3 is 0 Å². The molecule has 3 rings (SSSR count). The Morgan fingerprint density at radius 2 is 1.50 bits per heavy atom. The third kappa shape index (κ3) is 3.22. The van der Waals surface area contributed by atoms with E-state index in [1.807, 2.05) is 0 Å². The highest BCUT2D eigenvalue weighted by molar-refractivity contribution is 5.74. The molecule has 0 amide bonds. The first-order chi connectivity index (χ1) is 10.8. The summed E-state index contributed by atoms with van der Waals surface area (Å²) < 4.78 is 0. The minimum atomic E-state index is 0.586. The Kier molecular flexibility index (Phi) is 4.58. The molecule has 1 aliphatic rings. The van der Waals surface area contributed by atoms with Crippen LogP contribution in [0.25, 0.3) is 5.57 Å². The summed E-state index contributed by atoms with van der Waals surface area (Å²) in [7, 11) is 0. The third-order valence-electron chi connectivity index (χ3n) is 5.03. The van der Waals surface area contributed by atoms with Gasteiger partial charge in [-0.3, -0.25) is 0 Å². The molecule has 0 N–H and O–H groups in total. The highest BCUT2D eigenvalue weighted by Crippen LogP contribution is 2.35. The topological polar surface area (TPSA) is 0 Å². The average molecular weight is 288 g/mol. The van der Waals surface area contributed by atoms with Crippen molar-refractivity contribution in [3.8, 4) is 0 Å². The van der Waals surface area contributed by atoms with Gasteiger partial charge in [-0.25, -0.2) is 0 Å². The second-order valence-electron chi connectivity index (χ2n) is 6.34. The van der Waals surface area contributed by atoms with E-state index in [9.17, 15) is 0 Å². The fraction of sp³-hybridized carbons (Fsp3) is 0.273. The number of rotatable bonds is 4. The second-order valence-corrected chi connectivity index (χ2v) is 6.34. The largest absolute Gasteiger partial charge is 0.0802 e. The molecule has 112 valence electrons. The molecule has 0 aromatic heterocycles. The lowest BCUT2D eigenvalue weighted by Gasteiger charge is -2.28. The summed E-state index contributed by atoms with van der Waals surface area (Å²) in [5, 5.41) is 0. The zero-order chi connectivity index (χ0) is 15.4. The Hall–Kier alpha value is -2.08. The first-order valence-electron chi connectivity index (χ1n) is 8.24. The summed E-state index contributed by atoms with van der Waals surface area (Å²) in [4.78, 5) is 0. The van der Waals surface area contributed by atoms with E-state index < -0.39 is 0 Å². The van der Waals surface area contributed by atoms with E-state index in [0.717, 1.165) is 6.42 Å². The van der Waals surface area contributed by atoms with Gasteiger partial charge in [0, 0.05) is 0 Å². The van der Waals surface area contributed by atoms with Crippen LogP contribution in [0.3, 0.4) is 0 Å². The summed E-state index contributed by atoms with van der Waals surface area (Å²) in [5.41, 5.74) is 4.12. The SMILES string of the molecule is CC(c1ccccc1)C(C)C1C=CC(c2ccccc2)=CC1. The van der Waals surface area contributed by atoms with Crippen molar-refractivity contribution in [2.45, 2.75) is 26.2 Å². The van der Waals surface area contributed by atoms with Crippen molar-refractivity contribution < 1.29 is 0 Å². The zero-order valence-corrected chi connectivity index (χ0v) is 13.4. The van der Waals surface area contributed by atoms with Crippen LogP contribution in [0.2, 0.25) is 0 Å². The van der Waals surface area contributed by atoms with Gasteiger partial charge in [-0.05, 0) is 40.9 Å². The van der Waals surface area contributed by atoms with Crippen LogP contribution in [0.1, 0.15) is 37.3 Å². The van der Waals surface area contributed by atoms with E-state index in [1.54, 1.807) is 0 Å². The van der Waals surface area contributed by atoms with Crippen molar-refractivity contribution in [3.05, 3.63) is 90.0 Å². The number of hydrogen-bond acceptors (Lipinski definition) is 0. The van der Waals surface area contributed by atoms with Crippen LogP contribution in [-0.4, -0.2) is 0 Å². The number of allylic oxidation sites excluding steroid dienone is 4. The molecule has 0 saturated heterocycles. The van der Waals surface area contributed by atoms with E-state index in [2.05, 4.69) is 92.7 Å². The minimum absolute atomic E-state index is 0.586. The van der Waals surface area contributed by atoms with Crippen LogP contribution in [0.15, 0.2) is 78.9 Å². The normalized spacial score (nSPS) is 20.3. The van der Waals surface area contributed by atoms with Crippen LogP contribution in [0.5, 0.6) is 0 Å². The molecule has 0 heterocycles. The van der Waals surface area contributed by atoms with E-state index in [0.29, 0.717) is 17.8 Å². The Morgan fingerprint density at radius 1 is 0.864 bits per heavy atom. The first kappa shape index (κ1) is 14.8. The van der Waals surface area contributed by atoms with Crippen molar-refractivity contribution >= 4 is 5.57 Å². The lowest BCUT2D eigenvalue weighted by molar-refractivity contribution is 0.372. The molecule has 0 nitrogen and oxygen atoms in total. The van der Waals surface area contributed by atoms with Gasteiger partial charge in [-0.2, -0.15) is 0 Å². The molecule has 0 aliphatic heterocycles. The van der Waals surface area contributed by atoms with Gasteiger partial charge in [0.05, 0.1) is 0 Å². The Balaban J connectivity index is 1.69. The van der Waals surface area contributed by atoms with Crippen LogP contribution in [0, 0.1) is 11.8 Å². The monoisotopic (exact) mass is 288 g/mol. The molecule has 0 heteroatoms. The van der Waals surface area contributed by atoms with Crippen LogP contribution < -0.4 is 0 Å². The second kappa shape index (κ2) is 6.79. The average Bonchev–Trinajstić information content (AvgIpc) is 2.62. The van der Waals surface area contributed by atoms with Crippen molar-refractivity contribution in [1.82, 2.24) is 0 Å². The fourth-order valence-corrected chi connectivity index (χ4v) is 3.30. The molecule has 22 heavy (non-hydrogen) atoms. The summed E-state index contributed by atoms with van der Waals surface area (Å²) in [6.07, 6.45) is 8.25. The van der Waals surface area contributed by atoms with Gasteiger partial charge in [-0.15, -0.1) is 0 Å². The summed E-state index contributed by atoms with van der Waals surface area (Å²) in [5.74, 6) is 1.86. The molecule has 0 saturated carbocycles. The van der Waals surface area contributed by atoms with Gasteiger partial charge in [0.1, 0.15) is 0 Å². The van der Waals surface area contributed by atoms with E-state index in [4.69, 9.17) is 0 Å². The van der Waals surface area contributed by atoms with Crippen molar-refractivity contribution in [1.29, 1.82) is 0 Å². The molecular formula is C22H24. The van der Waals surface area contributed by atoms with E-state index in [-0.39, 0.29) is 0 Å². The molecule has 0 radical (unpaired) electrons. The summed E-state index contributed by atoms with van der Waals surface area (Å²) >= 11 is 0. The number of hydrogen-bond donors (Lipinski definition) is 0. The molecule has 0 spiro atoms. The summed E-state index contributed by atoms with van der Waals surface area (Å²) in [6.45, 7) is 4.73. The molecule has 3 unspecified atom stereocenters. The maximum absolute atomic E-state index is 2.41. The third-order valence-corrected chi connectivity index (χ3v) is 5.03. The van der Waals surface area contributed by atoms with Gasteiger partial charge in [0.25, 0.3) is 0 Å². The molecule has 0 fully saturated rings. The number of benzene rings is 2. The molecular weight excluding hydrogens is 264 g/mol. The van der Waals surface area contributed by atoms with Crippen molar-refractivity contribution in [3.63, 3.8) is 0 Å². The highest BCUT2D eigenvalue weighted by Gasteiger charge is 2.23. The quantitative estimate of drug-likeness (QED) is 0.639. The van der Waals surface area contributed by atoms with Crippen LogP contribution in [-0.2, 0) is 0 Å². The van der Waals surface area contributed by atoms with Gasteiger partial charge in [0.2, 0.25) is 0 Å². The van der Waals surface area contributed by atoms with Crippen molar-refractivity contribution in [2.75, 3.05) is 0 Å². The molecule has 1 aliphatic carbocycles. The molecule has 3 atom stereocenters. The van der Waals surface area contributed by atoms with Gasteiger partial charge in [-0.1, -0.05) is 92.7 Å². The van der Waals surface area contributed by atoms with Gasteiger partial charge >= 0.3 is 0 Å². The maximum Gasteiger partial charge on any atom is -0.0159 e. The minimum Gasteiger partial charge on any atom is -0.0802 e. The maximum atomic E-state index is 2.41. The summed E-state index contributed by atoms with van der Waals surface area (Å²) in [6, 6.07) is 21.5. The standard InChI is InChI=1S/C22H24/c1-17(19-9-5-3-6-10-19)18(2)20-13-15-22(16-14-20)21-11-7-4-8-12-21/h3-13,15-18,20H,14H2,1-2H3. The highest BCUT2D eigenvalue weighted by atomic mass is 14.3. The predicted molar refractivity (Wildman–Crippen MR) is 95.7 cm³/mol. The Labute approximate surface area is 134 Å². The smallest absolute Gasteiger partial charge is 0.0159 e. The van der Waals surface area contributed by atoms with E-state index in [1.165, 1.54) is 16.7 Å². The Morgan fingerprint density at radius 3 is 2.09 bits per heavy atom. The lowest BCUT2D eigenvalue weighted by atomic mass is 9.76. The van der Waals surface area contributed by atoms with Crippen molar-refractivity contribution in [2.24, 2.45) is 11.8 Å². The zero-order valence-electron chi connectivity index (χ0n) is 13.4. The molecule has 0 bridgehead atoms. The van der Waals surface area contributed by atoms with Crippen LogP contribution >= 0.6 is 0 Å². The Bertz CT molecular complexity index is 649. The van der Waals surface area contributed by atoms with Crippen LogP contribution in [0.4, 0.5) is 0 Å². The lowest BCUT2D eigenvalue weighted by Crippen LogP contribution is -2.17. The van der Waals surface area contributed by atoms with E-state index >= 15 is 0 Å². The molecule has 2 aromatic rings. The molecule has 2 aromatic carbocycles. The fourth-order valence-electron chi connectivity index (χ4n) is 3.30. The first-order valence-corrected chi connectivity index (χ1v) is 8.24.